The van der Waals surface area contributed by atoms with Gasteiger partial charge >= 0.3 is 5.97 Å². The van der Waals surface area contributed by atoms with Gasteiger partial charge in [-0.3, -0.25) is 9.69 Å². The third-order valence-electron chi connectivity index (χ3n) is 2.77. The summed E-state index contributed by atoms with van der Waals surface area (Å²) in [4.78, 5) is 13.3. The summed E-state index contributed by atoms with van der Waals surface area (Å²) in [7, 11) is 0. The van der Waals surface area contributed by atoms with Gasteiger partial charge in [-0.15, -0.1) is 0 Å². The number of nitrogens with one attached hydrogen (secondary N) is 1. The topological polar surface area (TPSA) is 61.8 Å². The molecule has 1 saturated heterocycles. The lowest BCUT2D eigenvalue weighted by Crippen LogP contribution is -2.53. The molecule has 5 heteroatoms. The quantitative estimate of drug-likeness (QED) is 0.739. The summed E-state index contributed by atoms with van der Waals surface area (Å²) in [6, 6.07) is -0.334. The van der Waals surface area contributed by atoms with E-state index in [0.29, 0.717) is 6.54 Å². The van der Waals surface area contributed by atoms with Gasteiger partial charge in [0, 0.05) is 25.7 Å². The number of morpholine rings is 1. The highest BCUT2D eigenvalue weighted by atomic mass is 16.5. The first-order valence-electron chi connectivity index (χ1n) is 6.25. The van der Waals surface area contributed by atoms with Crippen LogP contribution in [0.1, 0.15) is 27.7 Å². The standard InChI is InChI=1S/C12H24N2O3/c1-8(2)13-11(12(15)16)7-14-5-9(3)17-10(4)6-14/h8-11,13H,5-7H2,1-4H3,(H,15,16)/t9-,10+,11?. The van der Waals surface area contributed by atoms with Crippen molar-refractivity contribution in [3.8, 4) is 0 Å². The van der Waals surface area contributed by atoms with Gasteiger partial charge < -0.3 is 15.2 Å². The Morgan fingerprint density at radius 2 is 1.94 bits per heavy atom. The van der Waals surface area contributed by atoms with Crippen LogP contribution in [0.4, 0.5) is 0 Å². The van der Waals surface area contributed by atoms with Gasteiger partial charge in [-0.1, -0.05) is 13.8 Å². The van der Waals surface area contributed by atoms with Crippen LogP contribution in [0.25, 0.3) is 0 Å². The van der Waals surface area contributed by atoms with Crippen molar-refractivity contribution in [1.29, 1.82) is 0 Å². The van der Waals surface area contributed by atoms with Gasteiger partial charge in [0.15, 0.2) is 0 Å². The van der Waals surface area contributed by atoms with Crippen LogP contribution < -0.4 is 5.32 Å². The van der Waals surface area contributed by atoms with Crippen LogP contribution in [0.5, 0.6) is 0 Å². The summed E-state index contributed by atoms with van der Waals surface area (Å²) in [6.45, 7) is 10.1. The van der Waals surface area contributed by atoms with Crippen LogP contribution in [-0.4, -0.2) is 59.9 Å². The number of aliphatic carboxylic acids is 1. The number of hydrogen-bond acceptors (Lipinski definition) is 4. The van der Waals surface area contributed by atoms with Gasteiger partial charge in [0.05, 0.1) is 12.2 Å². The van der Waals surface area contributed by atoms with Gasteiger partial charge in [0.25, 0.3) is 0 Å². The Kier molecular flexibility index (Phi) is 5.36. The monoisotopic (exact) mass is 244 g/mol. The molecular weight excluding hydrogens is 220 g/mol. The first-order chi connectivity index (χ1) is 7.88. The SMILES string of the molecule is CC(C)NC(CN1C[C@@H](C)O[C@@H](C)C1)C(=O)O. The molecule has 0 saturated carbocycles. The summed E-state index contributed by atoms with van der Waals surface area (Å²) in [5.74, 6) is -0.787. The van der Waals surface area contributed by atoms with Crippen molar-refractivity contribution in [3.05, 3.63) is 0 Å². The van der Waals surface area contributed by atoms with E-state index in [2.05, 4.69) is 10.2 Å². The number of carboxylic acid groups (broad SMARTS) is 1. The van der Waals surface area contributed by atoms with Crippen LogP contribution in [0, 0.1) is 0 Å². The molecule has 0 aromatic carbocycles. The molecule has 0 aromatic heterocycles. The van der Waals surface area contributed by atoms with E-state index in [-0.39, 0.29) is 18.2 Å². The van der Waals surface area contributed by atoms with E-state index in [0.717, 1.165) is 13.1 Å². The van der Waals surface area contributed by atoms with Crippen molar-refractivity contribution >= 4 is 5.97 Å². The van der Waals surface area contributed by atoms with E-state index in [1.54, 1.807) is 0 Å². The Labute approximate surface area is 103 Å². The summed E-state index contributed by atoms with van der Waals surface area (Å²) < 4.78 is 5.63. The molecule has 3 atom stereocenters. The molecule has 17 heavy (non-hydrogen) atoms. The summed E-state index contributed by atoms with van der Waals surface area (Å²) in [6.07, 6.45) is 0.347. The Balaban J connectivity index is 2.51. The van der Waals surface area contributed by atoms with Crippen LogP contribution in [0.2, 0.25) is 0 Å². The molecule has 2 N–H and O–H groups in total. The molecule has 1 rings (SSSR count). The minimum atomic E-state index is -0.787. The van der Waals surface area contributed by atoms with Gasteiger partial charge in [-0.05, 0) is 13.8 Å². The minimum Gasteiger partial charge on any atom is -0.480 e. The lowest BCUT2D eigenvalue weighted by atomic mass is 10.2. The summed E-state index contributed by atoms with van der Waals surface area (Å²) in [5, 5.41) is 12.2. The van der Waals surface area contributed by atoms with E-state index in [4.69, 9.17) is 9.84 Å². The average molecular weight is 244 g/mol. The number of rotatable bonds is 5. The first kappa shape index (κ1) is 14.4. The highest BCUT2D eigenvalue weighted by molar-refractivity contribution is 5.73. The second kappa shape index (κ2) is 6.33. The molecule has 1 unspecified atom stereocenters. The smallest absolute Gasteiger partial charge is 0.322 e. The van der Waals surface area contributed by atoms with Crippen molar-refractivity contribution in [3.63, 3.8) is 0 Å². The maximum absolute atomic E-state index is 11.2. The molecule has 1 aliphatic rings. The molecule has 100 valence electrons. The molecule has 0 spiro atoms. The number of nitrogens with zero attached hydrogens (tertiary/aromatic N) is 1. The number of hydrogen-bond donors (Lipinski definition) is 2. The maximum Gasteiger partial charge on any atom is 0.322 e. The largest absolute Gasteiger partial charge is 0.480 e. The first-order valence-corrected chi connectivity index (χ1v) is 6.25. The number of ether oxygens (including phenoxy) is 1. The number of carbonyl (C=O) groups is 1. The molecule has 5 nitrogen and oxygen atoms in total. The lowest BCUT2D eigenvalue weighted by molar-refractivity contribution is -0.141. The van der Waals surface area contributed by atoms with Crippen LogP contribution in [0.15, 0.2) is 0 Å². The zero-order chi connectivity index (χ0) is 13.0. The molecule has 0 radical (unpaired) electrons. The summed E-state index contributed by atoms with van der Waals surface area (Å²) in [5.41, 5.74) is 0. The average Bonchev–Trinajstić information content (AvgIpc) is 2.13. The highest BCUT2D eigenvalue weighted by Crippen LogP contribution is 2.11. The van der Waals surface area contributed by atoms with E-state index in [9.17, 15) is 4.79 Å². The Morgan fingerprint density at radius 3 is 2.35 bits per heavy atom. The van der Waals surface area contributed by atoms with Crippen molar-refractivity contribution < 1.29 is 14.6 Å². The fourth-order valence-electron chi connectivity index (χ4n) is 2.30. The molecule has 0 aromatic rings. The maximum atomic E-state index is 11.2. The summed E-state index contributed by atoms with van der Waals surface area (Å²) >= 11 is 0. The van der Waals surface area contributed by atoms with Gasteiger partial charge in [-0.25, -0.2) is 0 Å². The molecule has 0 amide bonds. The van der Waals surface area contributed by atoms with Crippen molar-refractivity contribution in [2.24, 2.45) is 0 Å². The van der Waals surface area contributed by atoms with Crippen molar-refractivity contribution in [2.45, 2.75) is 52.0 Å². The van der Waals surface area contributed by atoms with Crippen molar-refractivity contribution in [2.75, 3.05) is 19.6 Å². The van der Waals surface area contributed by atoms with E-state index in [1.807, 2.05) is 27.7 Å². The molecule has 1 aliphatic heterocycles. The second-order valence-corrected chi connectivity index (χ2v) is 5.19. The highest BCUT2D eigenvalue weighted by Gasteiger charge is 2.27. The predicted molar refractivity (Wildman–Crippen MR) is 66.1 cm³/mol. The molecule has 1 fully saturated rings. The van der Waals surface area contributed by atoms with Crippen LogP contribution >= 0.6 is 0 Å². The Hall–Kier alpha value is -0.650. The van der Waals surface area contributed by atoms with E-state index in [1.165, 1.54) is 0 Å². The molecule has 0 aliphatic carbocycles. The fraction of sp³-hybridized carbons (Fsp3) is 0.917. The van der Waals surface area contributed by atoms with Gasteiger partial charge in [0.1, 0.15) is 6.04 Å². The minimum absolute atomic E-state index is 0.173. The Bertz CT molecular complexity index is 248. The van der Waals surface area contributed by atoms with E-state index >= 15 is 0 Å². The van der Waals surface area contributed by atoms with Crippen molar-refractivity contribution in [1.82, 2.24) is 10.2 Å². The molecule has 0 bridgehead atoms. The number of carboxylic acids is 1. The van der Waals surface area contributed by atoms with E-state index < -0.39 is 12.0 Å². The molecule has 1 heterocycles. The predicted octanol–water partition coefficient (Wildman–Crippen LogP) is 0.547. The normalized spacial score (nSPS) is 28.3. The van der Waals surface area contributed by atoms with Crippen LogP contribution in [0.3, 0.4) is 0 Å². The lowest BCUT2D eigenvalue weighted by Gasteiger charge is -2.36. The van der Waals surface area contributed by atoms with Gasteiger partial charge in [-0.2, -0.15) is 0 Å². The third-order valence-corrected chi connectivity index (χ3v) is 2.77. The zero-order valence-corrected chi connectivity index (χ0v) is 11.1. The fourth-order valence-corrected chi connectivity index (χ4v) is 2.30. The van der Waals surface area contributed by atoms with Gasteiger partial charge in [0.2, 0.25) is 0 Å². The zero-order valence-electron chi connectivity index (χ0n) is 11.1. The molecular formula is C12H24N2O3. The second-order valence-electron chi connectivity index (χ2n) is 5.19. The third kappa shape index (κ3) is 5.02. The Morgan fingerprint density at radius 1 is 1.41 bits per heavy atom. The van der Waals surface area contributed by atoms with Crippen LogP contribution in [-0.2, 0) is 9.53 Å².